The van der Waals surface area contributed by atoms with Crippen molar-refractivity contribution in [2.75, 3.05) is 18.5 Å². The van der Waals surface area contributed by atoms with Crippen LogP contribution in [0.4, 0.5) is 5.82 Å². The first-order valence-corrected chi connectivity index (χ1v) is 10.4. The van der Waals surface area contributed by atoms with E-state index in [1.807, 2.05) is 54.1 Å². The number of pyridine rings is 1. The molecule has 7 heteroatoms. The number of nitrogens with one attached hydrogen (secondary N) is 2. The van der Waals surface area contributed by atoms with Crippen LogP contribution in [0.2, 0.25) is 0 Å². The van der Waals surface area contributed by atoms with Gasteiger partial charge >= 0.3 is 0 Å². The summed E-state index contributed by atoms with van der Waals surface area (Å²) in [4.78, 5) is 4.90. The molecule has 0 amide bonds. The Morgan fingerprint density at radius 2 is 1.93 bits per heavy atom. The van der Waals surface area contributed by atoms with Gasteiger partial charge in [0, 0.05) is 30.5 Å². The fraction of sp³-hybridized carbons (Fsp3) is 0.348. The summed E-state index contributed by atoms with van der Waals surface area (Å²) in [6, 6.07) is 13.8. The predicted octanol–water partition coefficient (Wildman–Crippen LogP) is 3.80. The quantitative estimate of drug-likeness (QED) is 0.520. The SMILES string of the molecule is CCC(=N)c1ccc(-c2ccnn2-c2ccc(CO)cc2)nc1NC1CCOCC1. The molecule has 0 spiro atoms. The molecule has 1 aliphatic heterocycles. The predicted molar refractivity (Wildman–Crippen MR) is 117 cm³/mol. The van der Waals surface area contributed by atoms with Crippen LogP contribution in [0.15, 0.2) is 48.7 Å². The molecule has 1 fully saturated rings. The summed E-state index contributed by atoms with van der Waals surface area (Å²) < 4.78 is 7.31. The maximum Gasteiger partial charge on any atom is 0.136 e. The highest BCUT2D eigenvalue weighted by molar-refractivity contribution is 6.02. The fourth-order valence-electron chi connectivity index (χ4n) is 3.63. The van der Waals surface area contributed by atoms with E-state index in [1.165, 1.54) is 0 Å². The third-order valence-corrected chi connectivity index (χ3v) is 5.40. The van der Waals surface area contributed by atoms with Crippen molar-refractivity contribution >= 4 is 11.5 Å². The molecular weight excluding hydrogens is 378 g/mol. The maximum absolute atomic E-state index is 9.28. The number of hydrogen-bond acceptors (Lipinski definition) is 6. The lowest BCUT2D eigenvalue weighted by molar-refractivity contribution is 0.0904. The van der Waals surface area contributed by atoms with Crippen LogP contribution in [0, 0.1) is 5.41 Å². The number of hydrogen-bond donors (Lipinski definition) is 3. The van der Waals surface area contributed by atoms with E-state index in [1.54, 1.807) is 6.20 Å². The third kappa shape index (κ3) is 4.27. The van der Waals surface area contributed by atoms with E-state index < -0.39 is 0 Å². The molecule has 0 saturated carbocycles. The van der Waals surface area contributed by atoms with Crippen molar-refractivity contribution < 1.29 is 9.84 Å². The van der Waals surface area contributed by atoms with Gasteiger partial charge in [-0.05, 0) is 55.2 Å². The van der Waals surface area contributed by atoms with Gasteiger partial charge in [-0.15, -0.1) is 0 Å². The van der Waals surface area contributed by atoms with E-state index >= 15 is 0 Å². The zero-order valence-corrected chi connectivity index (χ0v) is 17.1. The van der Waals surface area contributed by atoms with Crippen LogP contribution in [-0.4, -0.2) is 44.8 Å². The van der Waals surface area contributed by atoms with E-state index in [4.69, 9.17) is 15.1 Å². The minimum absolute atomic E-state index is 0.0138. The molecule has 0 aliphatic carbocycles. The zero-order valence-electron chi connectivity index (χ0n) is 17.1. The Hall–Kier alpha value is -3.03. The van der Waals surface area contributed by atoms with Crippen molar-refractivity contribution in [1.29, 1.82) is 5.41 Å². The van der Waals surface area contributed by atoms with Gasteiger partial charge in [-0.1, -0.05) is 19.1 Å². The number of benzene rings is 1. The molecule has 2 aromatic heterocycles. The van der Waals surface area contributed by atoms with Crippen molar-refractivity contribution in [3.05, 3.63) is 59.8 Å². The first kappa shape index (κ1) is 20.3. The fourth-order valence-corrected chi connectivity index (χ4v) is 3.63. The minimum atomic E-state index is 0.0138. The monoisotopic (exact) mass is 405 g/mol. The number of ether oxygens (including phenoxy) is 1. The summed E-state index contributed by atoms with van der Waals surface area (Å²) in [6.07, 6.45) is 4.27. The van der Waals surface area contributed by atoms with Gasteiger partial charge in [-0.3, -0.25) is 0 Å². The number of rotatable bonds is 7. The molecule has 0 unspecified atom stereocenters. The highest BCUT2D eigenvalue weighted by Gasteiger charge is 2.19. The molecule has 3 aromatic rings. The Kier molecular flexibility index (Phi) is 6.21. The van der Waals surface area contributed by atoms with Crippen LogP contribution in [0.25, 0.3) is 17.1 Å². The molecule has 1 aliphatic rings. The molecule has 7 nitrogen and oxygen atoms in total. The van der Waals surface area contributed by atoms with E-state index in [2.05, 4.69) is 10.4 Å². The smallest absolute Gasteiger partial charge is 0.136 e. The van der Waals surface area contributed by atoms with Gasteiger partial charge in [0.15, 0.2) is 0 Å². The average molecular weight is 406 g/mol. The van der Waals surface area contributed by atoms with Crippen LogP contribution < -0.4 is 5.32 Å². The van der Waals surface area contributed by atoms with Gasteiger partial charge in [-0.25, -0.2) is 9.67 Å². The molecule has 0 bridgehead atoms. The van der Waals surface area contributed by atoms with Crippen LogP contribution in [0.5, 0.6) is 0 Å². The first-order chi connectivity index (χ1) is 14.7. The van der Waals surface area contributed by atoms with Gasteiger partial charge in [0.1, 0.15) is 5.82 Å². The van der Waals surface area contributed by atoms with Crippen LogP contribution >= 0.6 is 0 Å². The highest BCUT2D eigenvalue weighted by Crippen LogP contribution is 2.26. The van der Waals surface area contributed by atoms with Gasteiger partial charge in [0.05, 0.1) is 29.9 Å². The highest BCUT2D eigenvalue weighted by atomic mass is 16.5. The number of aliphatic hydroxyl groups excluding tert-OH is 1. The minimum Gasteiger partial charge on any atom is -0.392 e. The second-order valence-corrected chi connectivity index (χ2v) is 7.41. The van der Waals surface area contributed by atoms with Gasteiger partial charge < -0.3 is 20.6 Å². The average Bonchev–Trinajstić information content (AvgIpc) is 3.29. The number of aliphatic hydroxyl groups is 1. The maximum atomic E-state index is 9.28. The van der Waals surface area contributed by atoms with E-state index in [0.29, 0.717) is 18.2 Å². The summed E-state index contributed by atoms with van der Waals surface area (Å²) >= 11 is 0. The van der Waals surface area contributed by atoms with E-state index in [0.717, 1.165) is 60.1 Å². The van der Waals surface area contributed by atoms with Crippen molar-refractivity contribution in [3.63, 3.8) is 0 Å². The van der Waals surface area contributed by atoms with Gasteiger partial charge in [0.2, 0.25) is 0 Å². The topological polar surface area (TPSA) is 96.1 Å². The summed E-state index contributed by atoms with van der Waals surface area (Å²) in [5.41, 5.74) is 4.83. The normalized spacial score (nSPS) is 14.6. The Balaban J connectivity index is 1.70. The summed E-state index contributed by atoms with van der Waals surface area (Å²) in [5.74, 6) is 0.745. The van der Waals surface area contributed by atoms with Crippen molar-refractivity contribution in [1.82, 2.24) is 14.8 Å². The van der Waals surface area contributed by atoms with Crippen LogP contribution in [0.1, 0.15) is 37.3 Å². The van der Waals surface area contributed by atoms with E-state index in [9.17, 15) is 5.11 Å². The number of anilines is 1. The summed E-state index contributed by atoms with van der Waals surface area (Å²) in [6.45, 7) is 3.49. The van der Waals surface area contributed by atoms with Crippen molar-refractivity contribution in [2.24, 2.45) is 0 Å². The standard InChI is InChI=1S/C23H27N5O2/c1-2-20(24)19-7-8-21(27-23(19)26-17-10-13-30-14-11-17)22-9-12-25-28(22)18-5-3-16(15-29)4-6-18/h3-9,12,17,24,29H,2,10-11,13-15H2,1H3,(H,26,27). The molecule has 1 saturated heterocycles. The molecule has 3 heterocycles. The molecule has 0 atom stereocenters. The second-order valence-electron chi connectivity index (χ2n) is 7.41. The largest absolute Gasteiger partial charge is 0.392 e. The lowest BCUT2D eigenvalue weighted by Gasteiger charge is -2.25. The molecule has 156 valence electrons. The Morgan fingerprint density at radius 3 is 2.63 bits per heavy atom. The molecule has 0 radical (unpaired) electrons. The van der Waals surface area contributed by atoms with E-state index in [-0.39, 0.29) is 6.61 Å². The van der Waals surface area contributed by atoms with Gasteiger partial charge in [-0.2, -0.15) is 5.10 Å². The lowest BCUT2D eigenvalue weighted by atomic mass is 10.1. The molecule has 3 N–H and O–H groups in total. The van der Waals surface area contributed by atoms with Crippen LogP contribution in [-0.2, 0) is 11.3 Å². The Bertz CT molecular complexity index is 1010. The number of aromatic nitrogens is 3. The van der Waals surface area contributed by atoms with Crippen molar-refractivity contribution in [3.8, 4) is 17.1 Å². The Morgan fingerprint density at radius 1 is 1.17 bits per heavy atom. The number of nitrogens with zero attached hydrogens (tertiary/aromatic N) is 3. The molecule has 1 aromatic carbocycles. The Labute approximate surface area is 176 Å². The third-order valence-electron chi connectivity index (χ3n) is 5.40. The molecule has 30 heavy (non-hydrogen) atoms. The lowest BCUT2D eigenvalue weighted by Crippen LogP contribution is -2.29. The van der Waals surface area contributed by atoms with Gasteiger partial charge in [0.25, 0.3) is 0 Å². The van der Waals surface area contributed by atoms with Crippen molar-refractivity contribution in [2.45, 2.75) is 38.8 Å². The molecule has 4 rings (SSSR count). The summed E-state index contributed by atoms with van der Waals surface area (Å²) in [5, 5.41) is 25.7. The zero-order chi connectivity index (χ0) is 20.9. The molecular formula is C23H27N5O2. The first-order valence-electron chi connectivity index (χ1n) is 10.4. The van der Waals surface area contributed by atoms with Crippen LogP contribution in [0.3, 0.4) is 0 Å². The summed E-state index contributed by atoms with van der Waals surface area (Å²) in [7, 11) is 0. The second kappa shape index (κ2) is 9.19.